The van der Waals surface area contributed by atoms with Gasteiger partial charge in [0.2, 0.25) is 0 Å². The van der Waals surface area contributed by atoms with Gasteiger partial charge in [0.1, 0.15) is 16.1 Å². The standard InChI is InChI=1S/C29H31F2N3O4S/c1-5-37-25(35)15-18-8-6-7-9-23(18)33-16-19-14-22(28-21(26(19)30)11-13-38-28)20-10-12-32-24(27(20)31)17-34-39(36)29(2,3)4/h6-14,33-34H,5,15-17H2,1-4H3. The van der Waals surface area contributed by atoms with E-state index < -0.39 is 27.7 Å². The van der Waals surface area contributed by atoms with E-state index in [2.05, 4.69) is 15.0 Å². The number of carbonyl (C=O) groups is 1. The molecule has 2 aromatic heterocycles. The molecule has 0 saturated carbocycles. The quantitative estimate of drug-likeness (QED) is 0.182. The number of para-hydroxylation sites is 1. The molecule has 4 rings (SSSR count). The molecule has 7 nitrogen and oxygen atoms in total. The Labute approximate surface area is 229 Å². The third kappa shape index (κ3) is 6.58. The first-order chi connectivity index (χ1) is 18.6. The van der Waals surface area contributed by atoms with Crippen LogP contribution in [-0.4, -0.2) is 26.9 Å². The molecule has 2 N–H and O–H groups in total. The molecule has 0 amide bonds. The number of halogens is 2. The normalized spacial score (nSPS) is 12.5. The molecular weight excluding hydrogens is 524 g/mol. The van der Waals surface area contributed by atoms with Gasteiger partial charge in [-0.1, -0.05) is 18.2 Å². The van der Waals surface area contributed by atoms with Crippen molar-refractivity contribution < 1.29 is 27.3 Å². The van der Waals surface area contributed by atoms with Gasteiger partial charge in [-0.15, -0.1) is 4.72 Å². The molecule has 0 aliphatic carbocycles. The third-order valence-corrected chi connectivity index (χ3v) is 7.57. The number of ether oxygens (including phenoxy) is 1. The van der Waals surface area contributed by atoms with Crippen LogP contribution < -0.4 is 10.0 Å². The largest absolute Gasteiger partial charge is 0.598 e. The minimum Gasteiger partial charge on any atom is -0.598 e. The van der Waals surface area contributed by atoms with E-state index in [0.717, 1.165) is 0 Å². The average Bonchev–Trinajstić information content (AvgIpc) is 3.39. The number of furan rings is 1. The Balaban J connectivity index is 1.65. The van der Waals surface area contributed by atoms with Crippen molar-refractivity contribution in [3.05, 3.63) is 83.4 Å². The SMILES string of the molecule is CCOC(=O)Cc1ccccc1NCc1cc(-c2ccnc(CN[S+]([O-])C(C)(C)C)c2F)c2occc2c1F. The zero-order valence-electron chi connectivity index (χ0n) is 22.3. The maximum Gasteiger partial charge on any atom is 0.310 e. The van der Waals surface area contributed by atoms with Crippen LogP contribution in [0.4, 0.5) is 14.5 Å². The van der Waals surface area contributed by atoms with E-state index in [1.807, 2.05) is 32.9 Å². The fourth-order valence-electron chi connectivity index (χ4n) is 4.07. The number of benzene rings is 2. The lowest BCUT2D eigenvalue weighted by molar-refractivity contribution is -0.142. The number of esters is 1. The van der Waals surface area contributed by atoms with E-state index in [1.54, 1.807) is 25.1 Å². The van der Waals surface area contributed by atoms with Gasteiger partial charge in [-0.25, -0.2) is 8.78 Å². The van der Waals surface area contributed by atoms with Gasteiger partial charge in [0.25, 0.3) is 0 Å². The van der Waals surface area contributed by atoms with E-state index >= 15 is 8.78 Å². The Morgan fingerprint density at radius 2 is 1.85 bits per heavy atom. The van der Waals surface area contributed by atoms with Crippen molar-refractivity contribution in [2.75, 3.05) is 11.9 Å². The van der Waals surface area contributed by atoms with Crippen LogP contribution in [0.2, 0.25) is 0 Å². The number of pyridine rings is 1. The monoisotopic (exact) mass is 555 g/mol. The van der Waals surface area contributed by atoms with Gasteiger partial charge >= 0.3 is 5.97 Å². The Hall–Kier alpha value is -3.47. The molecule has 206 valence electrons. The molecule has 1 unspecified atom stereocenters. The van der Waals surface area contributed by atoms with E-state index in [1.165, 1.54) is 24.6 Å². The number of aromatic nitrogens is 1. The summed E-state index contributed by atoms with van der Waals surface area (Å²) in [6.45, 7) is 7.49. The molecule has 0 spiro atoms. The zero-order valence-corrected chi connectivity index (χ0v) is 23.1. The van der Waals surface area contributed by atoms with Crippen molar-refractivity contribution >= 4 is 34.0 Å². The highest BCUT2D eigenvalue weighted by Gasteiger charge is 2.27. The second-order valence-electron chi connectivity index (χ2n) is 9.87. The van der Waals surface area contributed by atoms with Crippen molar-refractivity contribution in [1.82, 2.24) is 9.71 Å². The smallest absolute Gasteiger partial charge is 0.310 e. The highest BCUT2D eigenvalue weighted by molar-refractivity contribution is 7.90. The summed E-state index contributed by atoms with van der Waals surface area (Å²) in [5, 5.41) is 3.41. The number of nitrogens with zero attached hydrogens (tertiary/aromatic N) is 1. The molecular formula is C29H31F2N3O4S. The van der Waals surface area contributed by atoms with Gasteiger partial charge in [0.05, 0.1) is 36.9 Å². The number of fused-ring (bicyclic) bond motifs is 1. The van der Waals surface area contributed by atoms with E-state index in [9.17, 15) is 9.35 Å². The van der Waals surface area contributed by atoms with Crippen LogP contribution >= 0.6 is 0 Å². The summed E-state index contributed by atoms with van der Waals surface area (Å²) in [6.07, 6.45) is 2.89. The summed E-state index contributed by atoms with van der Waals surface area (Å²) in [7, 11) is 0. The summed E-state index contributed by atoms with van der Waals surface area (Å²) in [5.41, 5.74) is 2.51. The number of nitrogens with one attached hydrogen (secondary N) is 2. The Morgan fingerprint density at radius 3 is 2.59 bits per heavy atom. The third-order valence-electron chi connectivity index (χ3n) is 6.05. The van der Waals surface area contributed by atoms with Gasteiger partial charge in [-0.2, -0.15) is 0 Å². The summed E-state index contributed by atoms with van der Waals surface area (Å²) in [6, 6.07) is 11.8. The predicted octanol–water partition coefficient (Wildman–Crippen LogP) is 6.04. The van der Waals surface area contributed by atoms with Crippen molar-refractivity contribution in [3.63, 3.8) is 0 Å². The van der Waals surface area contributed by atoms with Crippen LogP contribution in [0.15, 0.2) is 59.3 Å². The van der Waals surface area contributed by atoms with Crippen molar-refractivity contribution in [2.24, 2.45) is 0 Å². The zero-order chi connectivity index (χ0) is 28.2. The number of hydrogen-bond acceptors (Lipinski definition) is 7. The molecule has 39 heavy (non-hydrogen) atoms. The predicted molar refractivity (Wildman–Crippen MR) is 148 cm³/mol. The van der Waals surface area contributed by atoms with E-state index in [4.69, 9.17) is 9.15 Å². The number of carbonyl (C=O) groups excluding carboxylic acids is 1. The van der Waals surface area contributed by atoms with Crippen molar-refractivity contribution in [2.45, 2.75) is 52.0 Å². The Kier molecular flexibility index (Phi) is 8.89. The summed E-state index contributed by atoms with van der Waals surface area (Å²) in [4.78, 5) is 16.1. The number of anilines is 1. The molecule has 0 radical (unpaired) electrons. The second kappa shape index (κ2) is 12.1. The molecule has 0 aliphatic rings. The Bertz CT molecular complexity index is 1470. The Morgan fingerprint density at radius 1 is 1.08 bits per heavy atom. The van der Waals surface area contributed by atoms with Gasteiger partial charge in [-0.05, 0) is 57.5 Å². The first kappa shape index (κ1) is 28.5. The van der Waals surface area contributed by atoms with E-state index in [-0.39, 0.29) is 59.9 Å². The molecule has 0 aliphatic heterocycles. The minimum atomic E-state index is -1.41. The summed E-state index contributed by atoms with van der Waals surface area (Å²) >= 11 is -1.41. The first-order valence-electron chi connectivity index (χ1n) is 12.5. The first-order valence-corrected chi connectivity index (χ1v) is 13.7. The van der Waals surface area contributed by atoms with Gasteiger partial charge in [-0.3, -0.25) is 9.78 Å². The lowest BCUT2D eigenvalue weighted by atomic mass is 9.99. The van der Waals surface area contributed by atoms with E-state index in [0.29, 0.717) is 16.8 Å². The highest BCUT2D eigenvalue weighted by Crippen LogP contribution is 2.35. The summed E-state index contributed by atoms with van der Waals surface area (Å²) < 4.78 is 56.5. The molecule has 0 fully saturated rings. The van der Waals surface area contributed by atoms with Crippen LogP contribution in [0.3, 0.4) is 0 Å². The lowest BCUT2D eigenvalue weighted by Gasteiger charge is -2.23. The number of rotatable bonds is 10. The molecule has 1 atom stereocenters. The second-order valence-corrected chi connectivity index (χ2v) is 11.9. The average molecular weight is 556 g/mol. The maximum absolute atomic E-state index is 15.7. The van der Waals surface area contributed by atoms with Crippen LogP contribution in [0.5, 0.6) is 0 Å². The fourth-order valence-corrected chi connectivity index (χ4v) is 4.77. The van der Waals surface area contributed by atoms with Crippen LogP contribution in [0.25, 0.3) is 22.1 Å². The number of hydrogen-bond donors (Lipinski definition) is 2. The molecule has 2 aromatic carbocycles. The fraction of sp³-hybridized carbons (Fsp3) is 0.310. The van der Waals surface area contributed by atoms with Crippen LogP contribution in [0.1, 0.15) is 44.5 Å². The van der Waals surface area contributed by atoms with Crippen molar-refractivity contribution in [3.8, 4) is 11.1 Å². The van der Waals surface area contributed by atoms with Crippen LogP contribution in [-0.2, 0) is 40.4 Å². The molecule has 0 saturated heterocycles. The molecule has 10 heteroatoms. The molecule has 4 aromatic rings. The summed E-state index contributed by atoms with van der Waals surface area (Å²) in [5.74, 6) is -1.46. The van der Waals surface area contributed by atoms with Gasteiger partial charge in [0.15, 0.2) is 5.82 Å². The van der Waals surface area contributed by atoms with Crippen LogP contribution in [0, 0.1) is 11.6 Å². The topological polar surface area (TPSA) is 99.5 Å². The van der Waals surface area contributed by atoms with Crippen molar-refractivity contribution in [1.29, 1.82) is 0 Å². The molecule has 2 heterocycles. The molecule has 0 bridgehead atoms. The maximum atomic E-state index is 15.7. The van der Waals surface area contributed by atoms with Gasteiger partial charge < -0.3 is 19.0 Å². The highest BCUT2D eigenvalue weighted by atomic mass is 32.2. The van der Waals surface area contributed by atoms with Gasteiger partial charge in [0, 0.05) is 46.5 Å². The minimum absolute atomic E-state index is 0.0439. The lowest BCUT2D eigenvalue weighted by Crippen LogP contribution is -2.39.